The van der Waals surface area contributed by atoms with Gasteiger partial charge >= 0.3 is 0 Å². The fourth-order valence-corrected chi connectivity index (χ4v) is 1.16. The Balaban J connectivity index is 4.18. The number of nitrogens with one attached hydrogen (secondary N) is 1. The molecule has 0 aliphatic carbocycles. The first-order valence-corrected chi connectivity index (χ1v) is 4.60. The Kier molecular flexibility index (Phi) is 5.39. The number of allylic oxidation sites excluding steroid dienone is 1. The van der Waals surface area contributed by atoms with E-state index in [0.29, 0.717) is 0 Å². The van der Waals surface area contributed by atoms with Gasteiger partial charge in [0.15, 0.2) is 0 Å². The second-order valence-electron chi connectivity index (χ2n) is 4.30. The van der Waals surface area contributed by atoms with Crippen molar-refractivity contribution in [3.63, 3.8) is 0 Å². The lowest BCUT2D eigenvalue weighted by Crippen LogP contribution is -2.22. The smallest absolute Gasteiger partial charge is 0.0971 e. The van der Waals surface area contributed by atoms with Crippen molar-refractivity contribution in [2.45, 2.75) is 40.2 Å². The summed E-state index contributed by atoms with van der Waals surface area (Å²) in [6.45, 7) is 8.61. The van der Waals surface area contributed by atoms with Gasteiger partial charge in [-0.05, 0) is 18.8 Å². The Bertz CT molecular complexity index is 177. The molecular weight excluding hydrogens is 162 g/mol. The Morgan fingerprint density at radius 1 is 1.46 bits per heavy atom. The SMILES string of the molecule is C/C=C\C(CC(C)(C)C)N=CNN. The Morgan fingerprint density at radius 2 is 2.08 bits per heavy atom. The van der Waals surface area contributed by atoms with Crippen LogP contribution in [-0.4, -0.2) is 12.4 Å². The minimum Gasteiger partial charge on any atom is -0.315 e. The first kappa shape index (κ1) is 12.2. The average molecular weight is 183 g/mol. The van der Waals surface area contributed by atoms with Gasteiger partial charge in [-0.1, -0.05) is 32.9 Å². The van der Waals surface area contributed by atoms with E-state index in [-0.39, 0.29) is 11.5 Å². The molecule has 0 aliphatic rings. The summed E-state index contributed by atoms with van der Waals surface area (Å²) in [5, 5.41) is 0. The lowest BCUT2D eigenvalue weighted by Gasteiger charge is -2.21. The Labute approximate surface area is 81.1 Å². The van der Waals surface area contributed by atoms with Crippen LogP contribution in [0.4, 0.5) is 0 Å². The van der Waals surface area contributed by atoms with E-state index < -0.39 is 0 Å². The van der Waals surface area contributed by atoms with Crippen LogP contribution in [0, 0.1) is 5.41 Å². The molecule has 76 valence electrons. The molecule has 0 spiro atoms. The summed E-state index contributed by atoms with van der Waals surface area (Å²) < 4.78 is 0. The van der Waals surface area contributed by atoms with E-state index in [1.807, 2.05) is 13.0 Å². The number of hydrazine groups is 1. The van der Waals surface area contributed by atoms with Crippen molar-refractivity contribution < 1.29 is 0 Å². The molecule has 0 aromatic heterocycles. The van der Waals surface area contributed by atoms with Gasteiger partial charge in [-0.15, -0.1) is 0 Å². The molecule has 0 rings (SSSR count). The van der Waals surface area contributed by atoms with Gasteiger partial charge < -0.3 is 5.43 Å². The van der Waals surface area contributed by atoms with Crippen molar-refractivity contribution in [3.8, 4) is 0 Å². The van der Waals surface area contributed by atoms with Crippen molar-refractivity contribution in [3.05, 3.63) is 12.2 Å². The summed E-state index contributed by atoms with van der Waals surface area (Å²) in [4.78, 5) is 4.27. The van der Waals surface area contributed by atoms with Crippen LogP contribution in [0.25, 0.3) is 0 Å². The van der Waals surface area contributed by atoms with Crippen LogP contribution in [0.1, 0.15) is 34.1 Å². The second-order valence-corrected chi connectivity index (χ2v) is 4.30. The molecule has 0 aromatic rings. The molecule has 0 aromatic carbocycles. The normalized spacial score (nSPS) is 15.5. The molecule has 0 saturated heterocycles. The van der Waals surface area contributed by atoms with Crippen LogP contribution < -0.4 is 11.3 Å². The van der Waals surface area contributed by atoms with Gasteiger partial charge in [0.05, 0.1) is 12.4 Å². The zero-order valence-electron chi connectivity index (χ0n) is 9.04. The fourth-order valence-electron chi connectivity index (χ4n) is 1.16. The van der Waals surface area contributed by atoms with Gasteiger partial charge in [-0.25, -0.2) is 5.84 Å². The van der Waals surface area contributed by atoms with Crippen LogP contribution in [0.5, 0.6) is 0 Å². The molecule has 0 radical (unpaired) electrons. The maximum absolute atomic E-state index is 5.11. The summed E-state index contributed by atoms with van der Waals surface area (Å²) in [5.74, 6) is 5.11. The van der Waals surface area contributed by atoms with Crippen molar-refractivity contribution in [2.24, 2.45) is 16.3 Å². The van der Waals surface area contributed by atoms with Crippen LogP contribution in [0.15, 0.2) is 17.1 Å². The van der Waals surface area contributed by atoms with Gasteiger partial charge in [-0.3, -0.25) is 4.99 Å². The predicted molar refractivity (Wildman–Crippen MR) is 58.5 cm³/mol. The van der Waals surface area contributed by atoms with Crippen LogP contribution in [0.2, 0.25) is 0 Å². The van der Waals surface area contributed by atoms with Gasteiger partial charge in [0.1, 0.15) is 0 Å². The summed E-state index contributed by atoms with van der Waals surface area (Å²) in [6.07, 6.45) is 6.66. The number of hydrogen-bond acceptors (Lipinski definition) is 2. The van der Waals surface area contributed by atoms with Crippen LogP contribution in [0.3, 0.4) is 0 Å². The highest BCUT2D eigenvalue weighted by Gasteiger charge is 2.15. The first-order chi connectivity index (χ1) is 5.99. The van der Waals surface area contributed by atoms with Crippen molar-refractivity contribution in [1.29, 1.82) is 0 Å². The molecule has 0 heterocycles. The minimum atomic E-state index is 0.223. The van der Waals surface area contributed by atoms with E-state index in [4.69, 9.17) is 5.84 Å². The maximum atomic E-state index is 5.11. The third-order valence-electron chi connectivity index (χ3n) is 1.58. The number of aliphatic imine (C=N–C) groups is 1. The van der Waals surface area contributed by atoms with Gasteiger partial charge in [-0.2, -0.15) is 0 Å². The fraction of sp³-hybridized carbons (Fsp3) is 0.700. The maximum Gasteiger partial charge on any atom is 0.0971 e. The lowest BCUT2D eigenvalue weighted by molar-refractivity contribution is 0.361. The van der Waals surface area contributed by atoms with Gasteiger partial charge in [0.2, 0.25) is 0 Å². The standard InChI is InChI=1S/C10H21N3/c1-5-6-9(12-8-13-11)7-10(2,3)4/h5-6,8-9H,7,11H2,1-4H3,(H,12,13)/b6-5-. The second kappa shape index (κ2) is 5.75. The third kappa shape index (κ3) is 7.53. The molecule has 3 N–H and O–H groups in total. The van der Waals surface area contributed by atoms with E-state index in [2.05, 4.69) is 37.3 Å². The van der Waals surface area contributed by atoms with E-state index >= 15 is 0 Å². The summed E-state index contributed by atoms with van der Waals surface area (Å²) in [6, 6.07) is 0.223. The molecule has 0 amide bonds. The monoisotopic (exact) mass is 183 g/mol. The number of hydrogen-bond donors (Lipinski definition) is 2. The number of nitrogens with zero attached hydrogens (tertiary/aromatic N) is 1. The van der Waals surface area contributed by atoms with E-state index in [1.165, 1.54) is 6.34 Å². The largest absolute Gasteiger partial charge is 0.315 e. The first-order valence-electron chi connectivity index (χ1n) is 4.60. The highest BCUT2D eigenvalue weighted by atomic mass is 15.2. The summed E-state index contributed by atoms with van der Waals surface area (Å²) in [5.41, 5.74) is 2.70. The highest BCUT2D eigenvalue weighted by Crippen LogP contribution is 2.22. The van der Waals surface area contributed by atoms with E-state index in [9.17, 15) is 0 Å². The molecule has 3 heteroatoms. The van der Waals surface area contributed by atoms with Gasteiger partial charge in [0, 0.05) is 0 Å². The molecular formula is C10H21N3. The molecule has 0 fully saturated rings. The zero-order chi connectivity index (χ0) is 10.3. The lowest BCUT2D eigenvalue weighted by atomic mass is 9.88. The third-order valence-corrected chi connectivity index (χ3v) is 1.58. The number of nitrogens with two attached hydrogens (primary N) is 1. The molecule has 0 bridgehead atoms. The van der Waals surface area contributed by atoms with Crippen LogP contribution >= 0.6 is 0 Å². The van der Waals surface area contributed by atoms with E-state index in [0.717, 1.165) is 6.42 Å². The number of rotatable bonds is 4. The summed E-state index contributed by atoms with van der Waals surface area (Å²) >= 11 is 0. The summed E-state index contributed by atoms with van der Waals surface area (Å²) in [7, 11) is 0. The quantitative estimate of drug-likeness (QED) is 0.230. The Morgan fingerprint density at radius 3 is 2.46 bits per heavy atom. The van der Waals surface area contributed by atoms with Crippen molar-refractivity contribution >= 4 is 6.34 Å². The molecule has 1 atom stereocenters. The molecule has 0 saturated carbocycles. The van der Waals surface area contributed by atoms with Gasteiger partial charge in [0.25, 0.3) is 0 Å². The minimum absolute atomic E-state index is 0.223. The van der Waals surface area contributed by atoms with E-state index in [1.54, 1.807) is 0 Å². The molecule has 0 aliphatic heterocycles. The average Bonchev–Trinajstić information content (AvgIpc) is 1.98. The zero-order valence-corrected chi connectivity index (χ0v) is 9.04. The van der Waals surface area contributed by atoms with Crippen LogP contribution in [-0.2, 0) is 0 Å². The predicted octanol–water partition coefficient (Wildman–Crippen LogP) is 1.86. The highest BCUT2D eigenvalue weighted by molar-refractivity contribution is 5.53. The molecule has 13 heavy (non-hydrogen) atoms. The topological polar surface area (TPSA) is 50.4 Å². The molecule has 1 unspecified atom stereocenters. The Hall–Kier alpha value is -0.830. The molecule has 3 nitrogen and oxygen atoms in total. The van der Waals surface area contributed by atoms with Crippen molar-refractivity contribution in [2.75, 3.05) is 0 Å². The van der Waals surface area contributed by atoms with Crippen molar-refractivity contribution in [1.82, 2.24) is 5.43 Å².